The number of aliphatic carboxylic acids is 1. The molecule has 160 valence electrons. The SMILES string of the molecule is CC(=O)OC1[C@H](N2C=CCC(C(N)=O)=C2)O[C@H](COC(=O)C[C@H](O)C(=O)O)[C@H]1C. The van der Waals surface area contributed by atoms with Gasteiger partial charge in [0.15, 0.2) is 18.4 Å². The molecule has 5 atom stereocenters. The molecule has 11 heteroatoms. The number of amides is 1. The maximum absolute atomic E-state index is 11.7. The first-order valence-electron chi connectivity index (χ1n) is 8.94. The summed E-state index contributed by atoms with van der Waals surface area (Å²) in [6.07, 6.45) is 0.497. The van der Waals surface area contributed by atoms with Gasteiger partial charge in [0.2, 0.25) is 5.91 Å². The highest BCUT2D eigenvalue weighted by Crippen LogP contribution is 2.33. The summed E-state index contributed by atoms with van der Waals surface area (Å²) in [5, 5.41) is 17.8. The number of carboxylic acid groups (broad SMARTS) is 1. The summed E-state index contributed by atoms with van der Waals surface area (Å²) in [5.41, 5.74) is 5.68. The van der Waals surface area contributed by atoms with Crippen molar-refractivity contribution in [3.8, 4) is 0 Å². The van der Waals surface area contributed by atoms with Gasteiger partial charge in [-0.3, -0.25) is 14.4 Å². The largest absolute Gasteiger partial charge is 0.479 e. The number of nitrogens with two attached hydrogens (primary N) is 1. The lowest BCUT2D eigenvalue weighted by Gasteiger charge is -2.30. The van der Waals surface area contributed by atoms with Gasteiger partial charge < -0.3 is 35.1 Å². The van der Waals surface area contributed by atoms with E-state index in [4.69, 9.17) is 25.1 Å². The number of esters is 2. The van der Waals surface area contributed by atoms with Crippen LogP contribution in [0, 0.1) is 5.92 Å². The summed E-state index contributed by atoms with van der Waals surface area (Å²) < 4.78 is 16.3. The smallest absolute Gasteiger partial charge is 0.333 e. The van der Waals surface area contributed by atoms with Crippen molar-refractivity contribution in [1.29, 1.82) is 0 Å². The van der Waals surface area contributed by atoms with Crippen molar-refractivity contribution in [2.24, 2.45) is 11.7 Å². The van der Waals surface area contributed by atoms with Crippen molar-refractivity contribution in [3.63, 3.8) is 0 Å². The molecule has 0 aromatic carbocycles. The number of rotatable bonds is 8. The number of aliphatic hydroxyl groups excluding tert-OH is 1. The summed E-state index contributed by atoms with van der Waals surface area (Å²) in [6, 6.07) is 0. The molecular weight excluding hydrogens is 388 g/mol. The zero-order chi connectivity index (χ0) is 21.7. The second-order valence-electron chi connectivity index (χ2n) is 6.79. The third-order valence-corrected chi connectivity index (χ3v) is 4.59. The van der Waals surface area contributed by atoms with Crippen LogP contribution in [0.15, 0.2) is 24.0 Å². The Morgan fingerprint density at radius 2 is 2.07 bits per heavy atom. The quantitative estimate of drug-likeness (QED) is 0.432. The fraction of sp³-hybridized carbons (Fsp3) is 0.556. The minimum absolute atomic E-state index is 0.232. The Morgan fingerprint density at radius 3 is 2.66 bits per heavy atom. The lowest BCUT2D eigenvalue weighted by atomic mass is 10.00. The van der Waals surface area contributed by atoms with Gasteiger partial charge in [0.25, 0.3) is 0 Å². The van der Waals surface area contributed by atoms with Gasteiger partial charge in [-0.05, 0) is 6.42 Å². The Bertz CT molecular complexity index is 733. The molecule has 0 saturated carbocycles. The average molecular weight is 412 g/mol. The Hall–Kier alpha value is -2.92. The molecule has 0 aliphatic carbocycles. The first kappa shape index (κ1) is 22.4. The van der Waals surface area contributed by atoms with Gasteiger partial charge in [0, 0.05) is 30.8 Å². The van der Waals surface area contributed by atoms with Crippen LogP contribution in [0.1, 0.15) is 26.7 Å². The lowest BCUT2D eigenvalue weighted by molar-refractivity contribution is -0.159. The number of ether oxygens (including phenoxy) is 3. The molecule has 0 radical (unpaired) electrons. The van der Waals surface area contributed by atoms with E-state index in [0.717, 1.165) is 0 Å². The maximum Gasteiger partial charge on any atom is 0.333 e. The lowest BCUT2D eigenvalue weighted by Crippen LogP contribution is -2.40. The molecule has 29 heavy (non-hydrogen) atoms. The van der Waals surface area contributed by atoms with E-state index in [1.54, 1.807) is 24.1 Å². The molecule has 0 aromatic heterocycles. The number of primary amides is 1. The second kappa shape index (κ2) is 9.52. The molecule has 1 saturated heterocycles. The van der Waals surface area contributed by atoms with E-state index in [2.05, 4.69) is 0 Å². The van der Waals surface area contributed by atoms with Crippen LogP contribution in [0.4, 0.5) is 0 Å². The molecule has 1 unspecified atom stereocenters. The summed E-state index contributed by atoms with van der Waals surface area (Å²) in [4.78, 5) is 46.9. The van der Waals surface area contributed by atoms with Crippen LogP contribution in [0.25, 0.3) is 0 Å². The second-order valence-corrected chi connectivity index (χ2v) is 6.79. The molecule has 2 aliphatic heterocycles. The number of hydrogen-bond acceptors (Lipinski definition) is 9. The number of carbonyl (C=O) groups is 4. The molecule has 2 rings (SSSR count). The van der Waals surface area contributed by atoms with Crippen molar-refractivity contribution in [2.45, 2.75) is 51.2 Å². The van der Waals surface area contributed by atoms with Gasteiger partial charge in [-0.25, -0.2) is 4.79 Å². The predicted molar refractivity (Wildman–Crippen MR) is 95.5 cm³/mol. The normalized spacial score (nSPS) is 27.1. The summed E-state index contributed by atoms with van der Waals surface area (Å²) in [7, 11) is 0. The molecule has 2 aliphatic rings. The van der Waals surface area contributed by atoms with E-state index in [1.165, 1.54) is 13.1 Å². The Kier molecular flexibility index (Phi) is 7.35. The standard InChI is InChI=1S/C18H24N2O9/c1-9-13(8-27-14(23)6-12(22)18(25)26)29-17(15(9)28-10(2)21)20-5-3-4-11(7-20)16(19)24/h3,5,7,9,12-13,15,17,22H,4,6,8H2,1-2H3,(H2,19,24)(H,25,26)/t9-,12+,13-,15?,17-/m1/s1. The van der Waals surface area contributed by atoms with E-state index in [-0.39, 0.29) is 12.5 Å². The van der Waals surface area contributed by atoms with Crippen LogP contribution >= 0.6 is 0 Å². The van der Waals surface area contributed by atoms with Gasteiger partial charge >= 0.3 is 17.9 Å². The minimum atomic E-state index is -1.86. The molecule has 4 N–H and O–H groups in total. The first-order chi connectivity index (χ1) is 13.6. The van der Waals surface area contributed by atoms with E-state index in [0.29, 0.717) is 12.0 Å². The molecule has 1 fully saturated rings. The molecular formula is C18H24N2O9. The average Bonchev–Trinajstić information content (AvgIpc) is 2.95. The fourth-order valence-corrected chi connectivity index (χ4v) is 3.02. The maximum atomic E-state index is 11.7. The number of allylic oxidation sites excluding steroid dienone is 1. The van der Waals surface area contributed by atoms with Crippen LogP contribution in [-0.4, -0.2) is 70.1 Å². The van der Waals surface area contributed by atoms with Crippen molar-refractivity contribution >= 4 is 23.8 Å². The minimum Gasteiger partial charge on any atom is -0.479 e. The monoisotopic (exact) mass is 412 g/mol. The van der Waals surface area contributed by atoms with Gasteiger partial charge in [0.05, 0.1) is 6.42 Å². The van der Waals surface area contributed by atoms with E-state index >= 15 is 0 Å². The highest BCUT2D eigenvalue weighted by Gasteiger charge is 2.47. The van der Waals surface area contributed by atoms with Gasteiger partial charge in [-0.1, -0.05) is 13.0 Å². The van der Waals surface area contributed by atoms with E-state index < -0.39 is 54.8 Å². The van der Waals surface area contributed by atoms with Crippen LogP contribution in [-0.2, 0) is 33.4 Å². The van der Waals surface area contributed by atoms with Crippen molar-refractivity contribution in [3.05, 3.63) is 24.0 Å². The molecule has 2 heterocycles. The third-order valence-electron chi connectivity index (χ3n) is 4.59. The molecule has 0 spiro atoms. The summed E-state index contributed by atoms with van der Waals surface area (Å²) in [5.74, 6) is -3.94. The summed E-state index contributed by atoms with van der Waals surface area (Å²) in [6.45, 7) is 2.76. The first-order valence-corrected chi connectivity index (χ1v) is 8.94. The highest BCUT2D eigenvalue weighted by molar-refractivity contribution is 5.92. The van der Waals surface area contributed by atoms with Gasteiger partial charge in [-0.15, -0.1) is 0 Å². The van der Waals surface area contributed by atoms with Crippen molar-refractivity contribution in [2.75, 3.05) is 6.61 Å². The fourth-order valence-electron chi connectivity index (χ4n) is 3.02. The van der Waals surface area contributed by atoms with E-state index in [1.807, 2.05) is 0 Å². The van der Waals surface area contributed by atoms with E-state index in [9.17, 15) is 24.3 Å². The Morgan fingerprint density at radius 1 is 1.38 bits per heavy atom. The third kappa shape index (κ3) is 5.78. The van der Waals surface area contributed by atoms with Crippen molar-refractivity contribution in [1.82, 2.24) is 4.90 Å². The Balaban J connectivity index is 2.08. The number of carboxylic acids is 1. The number of carbonyl (C=O) groups excluding carboxylic acids is 3. The van der Waals surface area contributed by atoms with Crippen LogP contribution in [0.3, 0.4) is 0 Å². The van der Waals surface area contributed by atoms with Crippen LogP contribution in [0.2, 0.25) is 0 Å². The zero-order valence-electron chi connectivity index (χ0n) is 16.0. The summed E-state index contributed by atoms with van der Waals surface area (Å²) >= 11 is 0. The topological polar surface area (TPSA) is 166 Å². The zero-order valence-corrected chi connectivity index (χ0v) is 16.0. The number of aliphatic hydroxyl groups is 1. The van der Waals surface area contributed by atoms with Crippen LogP contribution in [0.5, 0.6) is 0 Å². The molecule has 0 aromatic rings. The molecule has 0 bridgehead atoms. The molecule has 1 amide bonds. The number of nitrogens with zero attached hydrogens (tertiary/aromatic N) is 1. The van der Waals surface area contributed by atoms with Gasteiger partial charge in [-0.2, -0.15) is 0 Å². The van der Waals surface area contributed by atoms with Crippen LogP contribution < -0.4 is 5.73 Å². The van der Waals surface area contributed by atoms with Crippen molar-refractivity contribution < 1.29 is 43.6 Å². The highest BCUT2D eigenvalue weighted by atomic mass is 16.6. The predicted octanol–water partition coefficient (Wildman–Crippen LogP) is -0.753. The molecule has 11 nitrogen and oxygen atoms in total. The number of hydrogen-bond donors (Lipinski definition) is 3. The van der Waals surface area contributed by atoms with Gasteiger partial charge in [0.1, 0.15) is 12.7 Å². The Labute approximate surface area is 166 Å².